The highest BCUT2D eigenvalue weighted by Gasteiger charge is 2.23. The van der Waals surface area contributed by atoms with E-state index >= 15 is 0 Å². The SMILES string of the molecule is Cc1cncc(NCC2CCCCN2CCn2nc3c(cc2=O)CCC3)n1. The summed E-state index contributed by atoms with van der Waals surface area (Å²) >= 11 is 0. The minimum atomic E-state index is 0.0392. The lowest BCUT2D eigenvalue weighted by Crippen LogP contribution is -2.45. The molecule has 1 N–H and O–H groups in total. The van der Waals surface area contributed by atoms with Gasteiger partial charge in [0.25, 0.3) is 5.56 Å². The molecule has 0 spiro atoms. The molecule has 7 nitrogen and oxygen atoms in total. The number of hydrogen-bond acceptors (Lipinski definition) is 6. The first-order valence-corrected chi connectivity index (χ1v) is 10.1. The number of rotatable bonds is 6. The average molecular weight is 368 g/mol. The Morgan fingerprint density at radius 1 is 1.19 bits per heavy atom. The highest BCUT2D eigenvalue weighted by Crippen LogP contribution is 2.19. The van der Waals surface area contributed by atoms with E-state index in [4.69, 9.17) is 0 Å². The Morgan fingerprint density at radius 2 is 2.11 bits per heavy atom. The quantitative estimate of drug-likeness (QED) is 0.838. The normalized spacial score (nSPS) is 19.8. The fraction of sp³-hybridized carbons (Fsp3) is 0.600. The van der Waals surface area contributed by atoms with Crippen molar-refractivity contribution in [2.45, 2.75) is 58.0 Å². The number of aryl methyl sites for hydroxylation is 3. The fourth-order valence-corrected chi connectivity index (χ4v) is 4.18. The van der Waals surface area contributed by atoms with Crippen LogP contribution in [-0.4, -0.2) is 50.3 Å². The molecule has 0 bridgehead atoms. The van der Waals surface area contributed by atoms with Crippen LogP contribution in [0.5, 0.6) is 0 Å². The third kappa shape index (κ3) is 4.35. The summed E-state index contributed by atoms with van der Waals surface area (Å²) < 4.78 is 1.66. The zero-order valence-electron chi connectivity index (χ0n) is 16.0. The molecule has 144 valence electrons. The highest BCUT2D eigenvalue weighted by atomic mass is 16.1. The van der Waals surface area contributed by atoms with Gasteiger partial charge >= 0.3 is 0 Å². The molecule has 0 radical (unpaired) electrons. The molecule has 1 unspecified atom stereocenters. The summed E-state index contributed by atoms with van der Waals surface area (Å²) in [7, 11) is 0. The van der Waals surface area contributed by atoms with Crippen molar-refractivity contribution in [3.63, 3.8) is 0 Å². The van der Waals surface area contributed by atoms with E-state index in [1.54, 1.807) is 23.1 Å². The molecule has 0 amide bonds. The first-order chi connectivity index (χ1) is 13.2. The van der Waals surface area contributed by atoms with E-state index in [-0.39, 0.29) is 5.56 Å². The summed E-state index contributed by atoms with van der Waals surface area (Å²) in [4.78, 5) is 23.5. The Hall–Kier alpha value is -2.28. The highest BCUT2D eigenvalue weighted by molar-refractivity contribution is 5.31. The van der Waals surface area contributed by atoms with Crippen LogP contribution in [0, 0.1) is 6.92 Å². The largest absolute Gasteiger partial charge is 0.367 e. The zero-order chi connectivity index (χ0) is 18.6. The van der Waals surface area contributed by atoms with Crippen LogP contribution in [0.1, 0.15) is 42.6 Å². The van der Waals surface area contributed by atoms with Crippen LogP contribution in [0.15, 0.2) is 23.3 Å². The Morgan fingerprint density at radius 3 is 3.00 bits per heavy atom. The van der Waals surface area contributed by atoms with Gasteiger partial charge in [-0.3, -0.25) is 14.7 Å². The Bertz CT molecular complexity index is 849. The Labute approximate surface area is 159 Å². The lowest BCUT2D eigenvalue weighted by molar-refractivity contribution is 0.148. The van der Waals surface area contributed by atoms with Gasteiger partial charge in [-0.1, -0.05) is 6.42 Å². The summed E-state index contributed by atoms with van der Waals surface area (Å²) in [6, 6.07) is 2.24. The van der Waals surface area contributed by atoms with Crippen molar-refractivity contribution in [3.05, 3.63) is 45.8 Å². The van der Waals surface area contributed by atoms with Crippen LogP contribution in [-0.2, 0) is 19.4 Å². The van der Waals surface area contributed by atoms with E-state index in [2.05, 4.69) is 25.3 Å². The summed E-state index contributed by atoms with van der Waals surface area (Å²) in [6.45, 7) is 5.40. The number of nitrogens with one attached hydrogen (secondary N) is 1. The molecule has 2 aromatic rings. The Kier molecular flexibility index (Phi) is 5.48. The van der Waals surface area contributed by atoms with E-state index in [9.17, 15) is 4.79 Å². The molecular formula is C20H28N6O. The number of piperidine rings is 1. The molecule has 7 heteroatoms. The van der Waals surface area contributed by atoms with E-state index in [0.717, 1.165) is 61.7 Å². The third-order valence-electron chi connectivity index (χ3n) is 5.65. The zero-order valence-corrected chi connectivity index (χ0v) is 16.0. The van der Waals surface area contributed by atoms with Crippen molar-refractivity contribution < 1.29 is 0 Å². The van der Waals surface area contributed by atoms with Crippen LogP contribution in [0.4, 0.5) is 5.82 Å². The van der Waals surface area contributed by atoms with Gasteiger partial charge in [0.05, 0.1) is 24.1 Å². The molecule has 0 saturated carbocycles. The number of hydrogen-bond donors (Lipinski definition) is 1. The van der Waals surface area contributed by atoms with Gasteiger partial charge < -0.3 is 5.32 Å². The number of nitrogens with zero attached hydrogens (tertiary/aromatic N) is 5. The topological polar surface area (TPSA) is 75.9 Å². The van der Waals surface area contributed by atoms with Gasteiger partial charge in [0.1, 0.15) is 5.82 Å². The second kappa shape index (κ2) is 8.17. The maximum absolute atomic E-state index is 12.3. The van der Waals surface area contributed by atoms with Crippen molar-refractivity contribution >= 4 is 5.82 Å². The lowest BCUT2D eigenvalue weighted by Gasteiger charge is -2.35. The average Bonchev–Trinajstić information content (AvgIpc) is 3.12. The van der Waals surface area contributed by atoms with Crippen molar-refractivity contribution in [2.24, 2.45) is 0 Å². The number of anilines is 1. The molecule has 1 atom stereocenters. The summed E-state index contributed by atoms with van der Waals surface area (Å²) in [5.74, 6) is 0.831. The molecule has 4 rings (SSSR count). The summed E-state index contributed by atoms with van der Waals surface area (Å²) in [6.07, 6.45) is 10.3. The van der Waals surface area contributed by atoms with Crippen LogP contribution < -0.4 is 10.9 Å². The van der Waals surface area contributed by atoms with Gasteiger partial charge in [0.15, 0.2) is 0 Å². The van der Waals surface area contributed by atoms with Gasteiger partial charge in [-0.15, -0.1) is 0 Å². The number of aromatic nitrogens is 4. The van der Waals surface area contributed by atoms with Gasteiger partial charge in [-0.05, 0) is 51.1 Å². The minimum absolute atomic E-state index is 0.0392. The Balaban J connectivity index is 1.37. The van der Waals surface area contributed by atoms with Crippen molar-refractivity contribution in [2.75, 3.05) is 25.0 Å². The van der Waals surface area contributed by atoms with Crippen LogP contribution in [0.2, 0.25) is 0 Å². The van der Waals surface area contributed by atoms with E-state index < -0.39 is 0 Å². The van der Waals surface area contributed by atoms with Gasteiger partial charge in [0.2, 0.25) is 0 Å². The lowest BCUT2D eigenvalue weighted by atomic mass is 10.0. The maximum atomic E-state index is 12.3. The second-order valence-corrected chi connectivity index (χ2v) is 7.64. The first kappa shape index (κ1) is 18.1. The van der Waals surface area contributed by atoms with Crippen molar-refractivity contribution in [1.29, 1.82) is 0 Å². The molecule has 3 heterocycles. The fourth-order valence-electron chi connectivity index (χ4n) is 4.18. The smallest absolute Gasteiger partial charge is 0.267 e. The van der Waals surface area contributed by atoms with Crippen LogP contribution in [0.25, 0.3) is 0 Å². The predicted molar refractivity (Wildman–Crippen MR) is 105 cm³/mol. The van der Waals surface area contributed by atoms with Crippen LogP contribution in [0.3, 0.4) is 0 Å². The molecule has 1 saturated heterocycles. The van der Waals surface area contributed by atoms with Crippen LogP contribution >= 0.6 is 0 Å². The predicted octanol–water partition coefficient (Wildman–Crippen LogP) is 1.80. The monoisotopic (exact) mass is 368 g/mol. The van der Waals surface area contributed by atoms with E-state index in [1.165, 1.54) is 19.3 Å². The van der Waals surface area contributed by atoms with Gasteiger partial charge in [0, 0.05) is 31.4 Å². The van der Waals surface area contributed by atoms with Gasteiger partial charge in [-0.2, -0.15) is 5.10 Å². The molecule has 1 aliphatic carbocycles. The first-order valence-electron chi connectivity index (χ1n) is 10.1. The minimum Gasteiger partial charge on any atom is -0.367 e. The van der Waals surface area contributed by atoms with E-state index in [1.807, 2.05) is 6.92 Å². The summed E-state index contributed by atoms with van der Waals surface area (Å²) in [5.41, 5.74) is 3.22. The second-order valence-electron chi connectivity index (χ2n) is 7.64. The van der Waals surface area contributed by atoms with E-state index in [0.29, 0.717) is 12.6 Å². The molecule has 2 aromatic heterocycles. The third-order valence-corrected chi connectivity index (χ3v) is 5.65. The van der Waals surface area contributed by atoms with Crippen molar-refractivity contribution in [1.82, 2.24) is 24.6 Å². The maximum Gasteiger partial charge on any atom is 0.267 e. The summed E-state index contributed by atoms with van der Waals surface area (Å²) in [5, 5.41) is 8.04. The molecule has 1 aliphatic heterocycles. The molecule has 27 heavy (non-hydrogen) atoms. The van der Waals surface area contributed by atoms with Crippen molar-refractivity contribution in [3.8, 4) is 0 Å². The molecule has 2 aliphatic rings. The standard InChI is InChI=1S/C20H28N6O/c1-15-12-21-14-19(23-15)22-13-17-6-2-3-8-25(17)9-10-26-20(27)11-16-5-4-7-18(16)24-26/h11-12,14,17H,2-10,13H2,1H3,(H,22,23). The number of fused-ring (bicyclic) bond motifs is 1. The number of likely N-dealkylation sites (tertiary alicyclic amines) is 1. The molecule has 1 fully saturated rings. The molecule has 0 aromatic carbocycles. The molecular weight excluding hydrogens is 340 g/mol. The van der Waals surface area contributed by atoms with Gasteiger partial charge in [-0.25, -0.2) is 9.67 Å².